The second kappa shape index (κ2) is 11.2. The monoisotopic (exact) mass is 484 g/mol. The number of hydrogen-bond donors (Lipinski definition) is 1. The van der Waals surface area contributed by atoms with Gasteiger partial charge in [-0.25, -0.2) is 0 Å². The predicted molar refractivity (Wildman–Crippen MR) is 141 cm³/mol. The summed E-state index contributed by atoms with van der Waals surface area (Å²) in [5.41, 5.74) is 2.92. The lowest BCUT2D eigenvalue weighted by Crippen LogP contribution is -2.29. The second-order valence-corrected chi connectivity index (χ2v) is 9.28. The fraction of sp³-hybridized carbons (Fsp3) is 0.300. The molecule has 1 N–H and O–H groups in total. The number of aromatic nitrogens is 1. The van der Waals surface area contributed by atoms with Crippen molar-refractivity contribution in [3.63, 3.8) is 0 Å². The van der Waals surface area contributed by atoms with Crippen LogP contribution >= 0.6 is 0 Å². The average molecular weight is 485 g/mol. The van der Waals surface area contributed by atoms with Crippen LogP contribution in [0.25, 0.3) is 5.76 Å². The zero-order valence-corrected chi connectivity index (χ0v) is 21.0. The van der Waals surface area contributed by atoms with Crippen LogP contribution in [0.1, 0.15) is 68.7 Å². The maximum atomic E-state index is 13.3. The topological polar surface area (TPSA) is 79.7 Å². The summed E-state index contributed by atoms with van der Waals surface area (Å²) in [4.78, 5) is 32.1. The van der Waals surface area contributed by atoms with E-state index >= 15 is 0 Å². The number of pyridine rings is 1. The number of aliphatic hydroxyl groups excluding tert-OH is 1. The number of Topliss-reactive ketones (excluding diaryl/α,β-unsaturated/α-hetero) is 1. The summed E-state index contributed by atoms with van der Waals surface area (Å²) in [6.45, 7) is 6.96. The number of amides is 1. The Balaban J connectivity index is 1.73. The maximum Gasteiger partial charge on any atom is 0.300 e. The van der Waals surface area contributed by atoms with Crippen LogP contribution in [-0.4, -0.2) is 28.4 Å². The molecule has 3 aromatic rings. The number of unbranched alkanes of at least 4 members (excludes halogenated alkanes) is 2. The van der Waals surface area contributed by atoms with Gasteiger partial charge in [0, 0.05) is 23.6 Å². The fourth-order valence-corrected chi connectivity index (χ4v) is 4.39. The van der Waals surface area contributed by atoms with Crippen LogP contribution in [0, 0.1) is 0 Å². The third-order valence-electron chi connectivity index (χ3n) is 6.45. The van der Waals surface area contributed by atoms with Crippen molar-refractivity contribution in [3.8, 4) is 5.75 Å². The first kappa shape index (κ1) is 25.2. The first-order valence-corrected chi connectivity index (χ1v) is 12.5. The maximum absolute atomic E-state index is 13.3. The summed E-state index contributed by atoms with van der Waals surface area (Å²) in [5, 5.41) is 11.3. The van der Waals surface area contributed by atoms with Crippen molar-refractivity contribution in [1.82, 2.24) is 4.98 Å². The summed E-state index contributed by atoms with van der Waals surface area (Å²) in [7, 11) is 0. The number of carbonyl (C=O) groups is 2. The molecule has 1 aromatic heterocycles. The number of ether oxygens (including phenoxy) is 1. The highest BCUT2D eigenvalue weighted by Crippen LogP contribution is 2.42. The number of aliphatic hydroxyl groups is 1. The van der Waals surface area contributed by atoms with Gasteiger partial charge in [0.25, 0.3) is 11.7 Å². The summed E-state index contributed by atoms with van der Waals surface area (Å²) in [6.07, 6.45) is 6.43. The highest BCUT2D eigenvalue weighted by Gasteiger charge is 2.46. The van der Waals surface area contributed by atoms with Gasteiger partial charge in [-0.2, -0.15) is 0 Å². The van der Waals surface area contributed by atoms with Crippen LogP contribution in [0.5, 0.6) is 5.75 Å². The quantitative estimate of drug-likeness (QED) is 0.165. The Hall–Kier alpha value is -3.93. The molecule has 6 heteroatoms. The van der Waals surface area contributed by atoms with Crippen molar-refractivity contribution in [2.24, 2.45) is 0 Å². The number of rotatable bonds is 9. The lowest BCUT2D eigenvalue weighted by atomic mass is 9.95. The zero-order valence-electron chi connectivity index (χ0n) is 21.0. The minimum Gasteiger partial charge on any atom is -0.507 e. The molecule has 0 radical (unpaired) electrons. The molecular formula is C30H32N2O4. The second-order valence-electron chi connectivity index (χ2n) is 9.28. The third kappa shape index (κ3) is 5.18. The average Bonchev–Trinajstić information content (AvgIpc) is 3.17. The van der Waals surface area contributed by atoms with Crippen LogP contribution in [0.3, 0.4) is 0 Å². The molecule has 1 fully saturated rings. The Morgan fingerprint density at radius 3 is 2.25 bits per heavy atom. The summed E-state index contributed by atoms with van der Waals surface area (Å²) < 4.78 is 5.76. The molecular weight excluding hydrogens is 452 g/mol. The molecule has 4 rings (SSSR count). The molecule has 0 bridgehead atoms. The van der Waals surface area contributed by atoms with Crippen LogP contribution < -0.4 is 9.64 Å². The lowest BCUT2D eigenvalue weighted by molar-refractivity contribution is -0.132. The first-order valence-electron chi connectivity index (χ1n) is 12.5. The van der Waals surface area contributed by atoms with E-state index in [4.69, 9.17) is 4.74 Å². The number of ketones is 1. The van der Waals surface area contributed by atoms with Gasteiger partial charge in [0.15, 0.2) is 0 Å². The molecule has 0 saturated carbocycles. The van der Waals surface area contributed by atoms with E-state index in [0.717, 1.165) is 24.8 Å². The van der Waals surface area contributed by atoms with E-state index in [0.29, 0.717) is 35.1 Å². The summed E-state index contributed by atoms with van der Waals surface area (Å²) >= 11 is 0. The van der Waals surface area contributed by atoms with E-state index in [1.807, 2.05) is 24.3 Å². The van der Waals surface area contributed by atoms with Crippen molar-refractivity contribution < 1.29 is 19.4 Å². The third-order valence-corrected chi connectivity index (χ3v) is 6.45. The Kier molecular flexibility index (Phi) is 7.84. The Morgan fingerprint density at radius 2 is 1.64 bits per heavy atom. The number of carbonyl (C=O) groups excluding carboxylic acids is 2. The van der Waals surface area contributed by atoms with Gasteiger partial charge in [0.05, 0.1) is 18.2 Å². The highest BCUT2D eigenvalue weighted by atomic mass is 16.5. The van der Waals surface area contributed by atoms with Gasteiger partial charge in [-0.3, -0.25) is 19.5 Å². The van der Waals surface area contributed by atoms with E-state index in [1.165, 1.54) is 4.90 Å². The van der Waals surface area contributed by atoms with Crippen LogP contribution in [-0.2, 0) is 9.59 Å². The van der Waals surface area contributed by atoms with Gasteiger partial charge in [-0.15, -0.1) is 0 Å². The SMILES string of the molecule is CCCCCOc1ccc(/C(O)=C2\C(=O)C(=O)N(c3ccc(C(C)C)cc3)C2c2ccncc2)cc1. The Labute approximate surface area is 212 Å². The van der Waals surface area contributed by atoms with Crippen molar-refractivity contribution in [2.45, 2.75) is 52.0 Å². The zero-order chi connectivity index (χ0) is 25.7. The molecule has 1 saturated heterocycles. The Morgan fingerprint density at radius 1 is 0.972 bits per heavy atom. The Bertz CT molecular complexity index is 1230. The van der Waals surface area contributed by atoms with Crippen LogP contribution in [0.15, 0.2) is 78.6 Å². The molecule has 1 atom stereocenters. The van der Waals surface area contributed by atoms with Gasteiger partial charge in [-0.05, 0) is 72.0 Å². The minimum absolute atomic E-state index is 0.0516. The fourth-order valence-electron chi connectivity index (χ4n) is 4.39. The van der Waals surface area contributed by atoms with E-state index in [-0.39, 0.29) is 11.3 Å². The van der Waals surface area contributed by atoms with Crippen LogP contribution in [0.4, 0.5) is 5.69 Å². The molecule has 0 aliphatic carbocycles. The molecule has 1 aliphatic rings. The molecule has 36 heavy (non-hydrogen) atoms. The smallest absolute Gasteiger partial charge is 0.300 e. The predicted octanol–water partition coefficient (Wildman–Crippen LogP) is 6.40. The van der Waals surface area contributed by atoms with E-state index in [9.17, 15) is 14.7 Å². The van der Waals surface area contributed by atoms with E-state index < -0.39 is 17.7 Å². The van der Waals surface area contributed by atoms with E-state index in [2.05, 4.69) is 25.8 Å². The molecule has 1 unspecified atom stereocenters. The lowest BCUT2D eigenvalue weighted by Gasteiger charge is -2.25. The van der Waals surface area contributed by atoms with E-state index in [1.54, 1.807) is 48.8 Å². The molecule has 1 aliphatic heterocycles. The molecule has 1 amide bonds. The van der Waals surface area contributed by atoms with Gasteiger partial charge in [0.1, 0.15) is 11.5 Å². The molecule has 0 spiro atoms. The largest absolute Gasteiger partial charge is 0.507 e. The van der Waals surface area contributed by atoms with Crippen molar-refractivity contribution in [1.29, 1.82) is 0 Å². The van der Waals surface area contributed by atoms with Gasteiger partial charge < -0.3 is 9.84 Å². The summed E-state index contributed by atoms with van der Waals surface area (Å²) in [6, 6.07) is 17.3. The van der Waals surface area contributed by atoms with Crippen LogP contribution in [0.2, 0.25) is 0 Å². The number of benzene rings is 2. The number of nitrogens with zero attached hydrogens (tertiary/aromatic N) is 2. The molecule has 6 nitrogen and oxygen atoms in total. The molecule has 2 heterocycles. The number of anilines is 1. The minimum atomic E-state index is -0.775. The van der Waals surface area contributed by atoms with Gasteiger partial charge in [0.2, 0.25) is 0 Å². The highest BCUT2D eigenvalue weighted by molar-refractivity contribution is 6.51. The first-order chi connectivity index (χ1) is 17.4. The van der Waals surface area contributed by atoms with Crippen molar-refractivity contribution in [2.75, 3.05) is 11.5 Å². The standard InChI is InChI=1S/C30H32N2O4/c1-4-5-6-19-36-25-13-9-23(10-14-25)28(33)26-27(22-15-17-31-18-16-22)32(30(35)29(26)34)24-11-7-21(8-12-24)20(2)3/h7-18,20,27,33H,4-6,19H2,1-3H3/b28-26+. The normalized spacial score (nSPS) is 17.1. The number of hydrogen-bond acceptors (Lipinski definition) is 5. The van der Waals surface area contributed by atoms with Gasteiger partial charge in [-0.1, -0.05) is 45.7 Å². The van der Waals surface area contributed by atoms with Crippen molar-refractivity contribution in [3.05, 3.63) is 95.3 Å². The molecule has 2 aromatic carbocycles. The summed E-state index contributed by atoms with van der Waals surface area (Å²) in [5.74, 6) is -0.578. The van der Waals surface area contributed by atoms with Gasteiger partial charge >= 0.3 is 0 Å². The molecule has 186 valence electrons. The van der Waals surface area contributed by atoms with Crippen molar-refractivity contribution >= 4 is 23.1 Å².